The first-order valence-electron chi connectivity index (χ1n) is 7.42. The van der Waals surface area contributed by atoms with Crippen LogP contribution in [0.25, 0.3) is 5.69 Å². The lowest BCUT2D eigenvalue weighted by Gasteiger charge is -2.10. The smallest absolute Gasteiger partial charge is 0.276 e. The Bertz CT molecular complexity index is 841. The molecule has 0 bridgehead atoms. The number of carbonyl (C=O) groups is 1. The van der Waals surface area contributed by atoms with Crippen LogP contribution in [0.2, 0.25) is 0 Å². The molecule has 0 spiro atoms. The number of aromatic nitrogens is 4. The Morgan fingerprint density at radius 2 is 2.00 bits per heavy atom. The molecule has 0 saturated heterocycles. The van der Waals surface area contributed by atoms with E-state index in [-0.39, 0.29) is 11.8 Å². The van der Waals surface area contributed by atoms with Crippen LogP contribution in [0.5, 0.6) is 0 Å². The van der Waals surface area contributed by atoms with Crippen molar-refractivity contribution in [1.29, 1.82) is 0 Å². The summed E-state index contributed by atoms with van der Waals surface area (Å²) >= 11 is 2.88. The molecule has 0 radical (unpaired) electrons. The SMILES string of the molecule is CSc1ncc(C(=O)Nc2nnc(C(C)C)s2)n1-c1ccccc1. The van der Waals surface area contributed by atoms with E-state index in [1.807, 2.05) is 55.0 Å². The number of rotatable bonds is 5. The van der Waals surface area contributed by atoms with Crippen molar-refractivity contribution in [2.24, 2.45) is 0 Å². The summed E-state index contributed by atoms with van der Waals surface area (Å²) in [7, 11) is 0. The maximum atomic E-state index is 12.7. The van der Waals surface area contributed by atoms with Gasteiger partial charge in [-0.05, 0) is 18.4 Å². The summed E-state index contributed by atoms with van der Waals surface area (Å²) in [5.74, 6) is 0.0317. The number of hydrogen-bond donors (Lipinski definition) is 1. The van der Waals surface area contributed by atoms with Gasteiger partial charge in [-0.2, -0.15) is 0 Å². The lowest BCUT2D eigenvalue weighted by molar-refractivity contribution is 0.102. The number of benzene rings is 1. The van der Waals surface area contributed by atoms with E-state index in [0.717, 1.165) is 15.9 Å². The van der Waals surface area contributed by atoms with Crippen LogP contribution in [-0.4, -0.2) is 31.9 Å². The molecule has 0 aliphatic carbocycles. The van der Waals surface area contributed by atoms with Crippen molar-refractivity contribution in [2.45, 2.75) is 24.9 Å². The quantitative estimate of drug-likeness (QED) is 0.701. The van der Waals surface area contributed by atoms with Crippen LogP contribution >= 0.6 is 23.1 Å². The van der Waals surface area contributed by atoms with E-state index in [4.69, 9.17) is 0 Å². The van der Waals surface area contributed by atoms with Gasteiger partial charge in [0, 0.05) is 11.6 Å². The molecule has 1 N–H and O–H groups in total. The van der Waals surface area contributed by atoms with E-state index in [2.05, 4.69) is 20.5 Å². The predicted molar refractivity (Wildman–Crippen MR) is 97.3 cm³/mol. The molecule has 6 nitrogen and oxygen atoms in total. The summed E-state index contributed by atoms with van der Waals surface area (Å²) in [5.41, 5.74) is 1.36. The van der Waals surface area contributed by atoms with Crippen LogP contribution < -0.4 is 5.32 Å². The van der Waals surface area contributed by atoms with Crippen molar-refractivity contribution in [3.8, 4) is 5.69 Å². The Morgan fingerprint density at radius 3 is 2.62 bits per heavy atom. The van der Waals surface area contributed by atoms with E-state index >= 15 is 0 Å². The van der Waals surface area contributed by atoms with Gasteiger partial charge in [0.1, 0.15) is 10.7 Å². The maximum absolute atomic E-state index is 12.7. The zero-order valence-corrected chi connectivity index (χ0v) is 15.2. The Balaban J connectivity index is 1.91. The fourth-order valence-corrected chi connectivity index (χ4v) is 3.43. The van der Waals surface area contributed by atoms with Gasteiger partial charge in [-0.25, -0.2) is 4.98 Å². The van der Waals surface area contributed by atoms with Crippen molar-refractivity contribution < 1.29 is 4.79 Å². The molecule has 3 aromatic rings. The van der Waals surface area contributed by atoms with E-state index in [1.54, 1.807) is 6.20 Å². The fourth-order valence-electron chi connectivity index (χ4n) is 2.15. The number of anilines is 1. The minimum Gasteiger partial charge on any atom is -0.295 e. The number of nitrogens with zero attached hydrogens (tertiary/aromatic N) is 4. The normalized spacial score (nSPS) is 11.0. The second-order valence-corrected chi connectivity index (χ2v) is 7.14. The number of nitrogens with one attached hydrogen (secondary N) is 1. The third-order valence-corrected chi connectivity index (χ3v) is 5.11. The summed E-state index contributed by atoms with van der Waals surface area (Å²) in [4.78, 5) is 17.0. The summed E-state index contributed by atoms with van der Waals surface area (Å²) in [6, 6.07) is 9.69. The van der Waals surface area contributed by atoms with Gasteiger partial charge in [-0.15, -0.1) is 10.2 Å². The van der Waals surface area contributed by atoms with Crippen LogP contribution in [-0.2, 0) is 0 Å². The summed E-state index contributed by atoms with van der Waals surface area (Å²) in [6.07, 6.45) is 3.52. The molecule has 0 fully saturated rings. The molecule has 1 amide bonds. The fraction of sp³-hybridized carbons (Fsp3) is 0.250. The van der Waals surface area contributed by atoms with Gasteiger partial charge in [0.25, 0.3) is 5.91 Å². The number of thioether (sulfide) groups is 1. The van der Waals surface area contributed by atoms with Crippen LogP contribution in [0.3, 0.4) is 0 Å². The first-order chi connectivity index (χ1) is 11.6. The number of hydrogen-bond acceptors (Lipinski definition) is 6. The molecular formula is C16H17N5OS2. The highest BCUT2D eigenvalue weighted by atomic mass is 32.2. The van der Waals surface area contributed by atoms with Crippen molar-refractivity contribution in [1.82, 2.24) is 19.7 Å². The lowest BCUT2D eigenvalue weighted by Crippen LogP contribution is -2.16. The Labute approximate surface area is 148 Å². The van der Waals surface area contributed by atoms with Crippen LogP contribution in [0.15, 0.2) is 41.7 Å². The third-order valence-electron chi connectivity index (χ3n) is 3.31. The third kappa shape index (κ3) is 3.34. The molecule has 124 valence electrons. The largest absolute Gasteiger partial charge is 0.295 e. The van der Waals surface area contributed by atoms with Gasteiger partial charge < -0.3 is 0 Å². The highest BCUT2D eigenvalue weighted by molar-refractivity contribution is 7.98. The summed E-state index contributed by atoms with van der Waals surface area (Å²) in [6.45, 7) is 4.09. The Morgan fingerprint density at radius 1 is 1.25 bits per heavy atom. The zero-order chi connectivity index (χ0) is 17.1. The average Bonchev–Trinajstić information content (AvgIpc) is 3.22. The second kappa shape index (κ2) is 7.14. The maximum Gasteiger partial charge on any atom is 0.276 e. The van der Waals surface area contributed by atoms with Gasteiger partial charge in [0.15, 0.2) is 5.16 Å². The van der Waals surface area contributed by atoms with Crippen LogP contribution in [0.1, 0.15) is 35.3 Å². The number of imidazole rings is 1. The Kier molecular flexibility index (Phi) is 4.96. The molecule has 0 unspecified atom stereocenters. The molecule has 2 heterocycles. The summed E-state index contributed by atoms with van der Waals surface area (Å²) < 4.78 is 1.84. The van der Waals surface area contributed by atoms with Crippen molar-refractivity contribution in [2.75, 3.05) is 11.6 Å². The molecule has 24 heavy (non-hydrogen) atoms. The Hall–Kier alpha value is -2.19. The monoisotopic (exact) mass is 359 g/mol. The van der Waals surface area contributed by atoms with E-state index in [0.29, 0.717) is 10.8 Å². The number of carbonyl (C=O) groups excluding carboxylic acids is 1. The van der Waals surface area contributed by atoms with Gasteiger partial charge in [0.05, 0.1) is 6.20 Å². The molecule has 0 aliphatic heterocycles. The standard InChI is InChI=1S/C16H17N5OS2/c1-10(2)14-19-20-15(24-14)18-13(22)12-9-17-16(23-3)21(12)11-7-5-4-6-8-11/h4-10H,1-3H3,(H,18,20,22). The highest BCUT2D eigenvalue weighted by Crippen LogP contribution is 2.25. The van der Waals surface area contributed by atoms with Crippen molar-refractivity contribution >= 4 is 34.1 Å². The number of amides is 1. The molecular weight excluding hydrogens is 342 g/mol. The minimum atomic E-state index is -0.252. The molecule has 2 aromatic heterocycles. The van der Waals surface area contributed by atoms with Crippen LogP contribution in [0.4, 0.5) is 5.13 Å². The second-order valence-electron chi connectivity index (χ2n) is 5.36. The van der Waals surface area contributed by atoms with E-state index in [1.165, 1.54) is 23.1 Å². The van der Waals surface area contributed by atoms with E-state index in [9.17, 15) is 4.79 Å². The molecule has 8 heteroatoms. The first-order valence-corrected chi connectivity index (χ1v) is 9.46. The van der Waals surface area contributed by atoms with Gasteiger partial charge in [-0.3, -0.25) is 14.7 Å². The van der Waals surface area contributed by atoms with Gasteiger partial charge in [-0.1, -0.05) is 55.1 Å². The van der Waals surface area contributed by atoms with Gasteiger partial charge >= 0.3 is 0 Å². The molecule has 3 rings (SSSR count). The van der Waals surface area contributed by atoms with Gasteiger partial charge in [0.2, 0.25) is 5.13 Å². The topological polar surface area (TPSA) is 72.7 Å². The predicted octanol–water partition coefficient (Wildman–Crippen LogP) is 3.82. The number of para-hydroxylation sites is 1. The molecule has 0 atom stereocenters. The first kappa shape index (κ1) is 16.7. The van der Waals surface area contributed by atoms with E-state index < -0.39 is 0 Å². The lowest BCUT2D eigenvalue weighted by atomic mass is 10.2. The summed E-state index contributed by atoms with van der Waals surface area (Å²) in [5, 5.41) is 13.1. The van der Waals surface area contributed by atoms with Crippen molar-refractivity contribution in [3.05, 3.63) is 47.2 Å². The average molecular weight is 359 g/mol. The zero-order valence-electron chi connectivity index (χ0n) is 13.6. The molecule has 0 aliphatic rings. The molecule has 0 saturated carbocycles. The van der Waals surface area contributed by atoms with Crippen molar-refractivity contribution in [3.63, 3.8) is 0 Å². The minimum absolute atomic E-state index is 0.252. The highest BCUT2D eigenvalue weighted by Gasteiger charge is 2.19. The molecule has 1 aromatic carbocycles. The van der Waals surface area contributed by atoms with Crippen LogP contribution in [0, 0.1) is 0 Å².